The lowest BCUT2D eigenvalue weighted by Crippen LogP contribution is -2.27. The summed E-state index contributed by atoms with van der Waals surface area (Å²) in [5.74, 6) is 0.675. The zero-order valence-corrected chi connectivity index (χ0v) is 16.2. The monoisotopic (exact) mass is 390 g/mol. The fourth-order valence-electron chi connectivity index (χ4n) is 4.08. The van der Waals surface area contributed by atoms with Crippen LogP contribution in [0.2, 0.25) is 0 Å². The number of fused-ring (bicyclic) bond motifs is 1. The second kappa shape index (κ2) is 6.49. The van der Waals surface area contributed by atoms with E-state index in [9.17, 15) is 5.26 Å². The number of aromatic amines is 1. The molecule has 4 heterocycles. The van der Waals surface area contributed by atoms with Crippen LogP contribution < -0.4 is 0 Å². The molecule has 0 bridgehead atoms. The van der Waals surface area contributed by atoms with Gasteiger partial charge in [-0.2, -0.15) is 19.8 Å². The summed E-state index contributed by atoms with van der Waals surface area (Å²) in [5, 5.41) is 21.4. The Kier molecular flexibility index (Phi) is 3.94. The van der Waals surface area contributed by atoms with Crippen molar-refractivity contribution in [1.29, 1.82) is 5.26 Å². The van der Waals surface area contributed by atoms with Crippen molar-refractivity contribution in [3.05, 3.63) is 30.2 Å². The van der Waals surface area contributed by atoms with Gasteiger partial charge in [0.15, 0.2) is 5.82 Å². The largest absolute Gasteiger partial charge is 0.276 e. The molecule has 0 aliphatic heterocycles. The molecule has 1 fully saturated rings. The molecule has 1 aliphatic rings. The molecule has 9 heteroatoms. The average Bonchev–Trinajstić information content (AvgIpc) is 3.48. The zero-order valence-electron chi connectivity index (χ0n) is 15.4. The molecule has 0 spiro atoms. The van der Waals surface area contributed by atoms with Crippen LogP contribution in [0.15, 0.2) is 24.7 Å². The van der Waals surface area contributed by atoms with Crippen molar-refractivity contribution >= 4 is 21.7 Å². The van der Waals surface area contributed by atoms with E-state index in [0.29, 0.717) is 11.5 Å². The molecule has 0 amide bonds. The molecule has 140 valence electrons. The molecule has 4 aromatic rings. The molecule has 0 saturated heterocycles. The summed E-state index contributed by atoms with van der Waals surface area (Å²) in [6.07, 6.45) is 8.23. The maximum absolute atomic E-state index is 10.2. The zero-order chi connectivity index (χ0) is 19.1. The van der Waals surface area contributed by atoms with Gasteiger partial charge in [0.05, 0.1) is 21.9 Å². The highest BCUT2D eigenvalue weighted by Crippen LogP contribution is 2.45. The Morgan fingerprint density at radius 1 is 1.29 bits per heavy atom. The number of aryl methyl sites for hydroxylation is 1. The summed E-state index contributed by atoms with van der Waals surface area (Å²) < 4.78 is 7.33. The average molecular weight is 390 g/mol. The van der Waals surface area contributed by atoms with Crippen LogP contribution in [0.25, 0.3) is 33.1 Å². The van der Waals surface area contributed by atoms with Crippen LogP contribution in [-0.4, -0.2) is 34.3 Å². The number of nitriles is 1. The number of hydrogen-bond acceptors (Lipinski definition) is 7. The van der Waals surface area contributed by atoms with E-state index in [4.69, 9.17) is 4.98 Å². The fraction of sp³-hybridized carbons (Fsp3) is 0.368. The Morgan fingerprint density at radius 2 is 2.14 bits per heavy atom. The fourth-order valence-corrected chi connectivity index (χ4v) is 5.03. The molecule has 4 aromatic heterocycles. The Morgan fingerprint density at radius 3 is 2.82 bits per heavy atom. The van der Waals surface area contributed by atoms with Gasteiger partial charge in [0.1, 0.15) is 23.2 Å². The molecule has 8 nitrogen and oxygen atoms in total. The van der Waals surface area contributed by atoms with Gasteiger partial charge in [-0.25, -0.2) is 14.6 Å². The lowest BCUT2D eigenvalue weighted by atomic mass is 9.70. The first-order valence-electron chi connectivity index (χ1n) is 9.28. The summed E-state index contributed by atoms with van der Waals surface area (Å²) >= 11 is 1.40. The van der Waals surface area contributed by atoms with Crippen LogP contribution in [-0.2, 0) is 12.5 Å². The molecule has 1 N–H and O–H groups in total. The van der Waals surface area contributed by atoms with E-state index >= 15 is 0 Å². The van der Waals surface area contributed by atoms with Crippen molar-refractivity contribution in [1.82, 2.24) is 34.3 Å². The third-order valence-electron chi connectivity index (χ3n) is 5.56. The summed E-state index contributed by atoms with van der Waals surface area (Å²) in [4.78, 5) is 9.26. The third-order valence-corrected chi connectivity index (χ3v) is 6.43. The number of H-pyrrole nitrogens is 1. The van der Waals surface area contributed by atoms with Crippen LogP contribution in [0.1, 0.15) is 37.7 Å². The number of nitrogens with one attached hydrogen (secondary N) is 1. The quantitative estimate of drug-likeness (QED) is 0.572. The lowest BCUT2D eigenvalue weighted by Gasteiger charge is -2.31. The molecule has 0 atom stereocenters. The SMILES string of the molecule is Cn1ncnc1-c1cc(C2(C#N)CCCCC2)c2snc(-c3ccn[nH]3)c2n1. The van der Waals surface area contributed by atoms with Crippen LogP contribution in [0, 0.1) is 11.3 Å². The van der Waals surface area contributed by atoms with Gasteiger partial charge >= 0.3 is 0 Å². The molecular formula is C19H18N8S. The molecule has 1 aliphatic carbocycles. The van der Waals surface area contributed by atoms with Gasteiger partial charge in [-0.3, -0.25) is 5.10 Å². The number of rotatable bonds is 3. The van der Waals surface area contributed by atoms with Crippen molar-refractivity contribution in [3.8, 4) is 29.0 Å². The summed E-state index contributed by atoms with van der Waals surface area (Å²) in [7, 11) is 1.84. The van der Waals surface area contributed by atoms with Gasteiger partial charge in [-0.15, -0.1) is 0 Å². The summed E-state index contributed by atoms with van der Waals surface area (Å²) in [5.41, 5.74) is 3.57. The summed E-state index contributed by atoms with van der Waals surface area (Å²) in [6, 6.07) is 6.55. The smallest absolute Gasteiger partial charge is 0.176 e. The third kappa shape index (κ3) is 2.52. The molecule has 0 radical (unpaired) electrons. The standard InChI is InChI=1S/C19H18N8S/c1-27-18(21-11-23-27)14-9-12(19(10-20)6-3-2-4-7-19)17-16(24-14)15(26-28-17)13-5-8-22-25-13/h5,8-9,11H,2-4,6-7H2,1H3,(H,22,25). The van der Waals surface area contributed by atoms with E-state index in [1.54, 1.807) is 10.9 Å². The van der Waals surface area contributed by atoms with E-state index in [1.165, 1.54) is 24.3 Å². The molecule has 1 saturated carbocycles. The van der Waals surface area contributed by atoms with Crippen molar-refractivity contribution < 1.29 is 0 Å². The van der Waals surface area contributed by atoms with Crippen molar-refractivity contribution in [3.63, 3.8) is 0 Å². The van der Waals surface area contributed by atoms with Crippen molar-refractivity contribution in [2.24, 2.45) is 7.05 Å². The number of nitrogens with zero attached hydrogens (tertiary/aromatic N) is 7. The maximum atomic E-state index is 10.2. The molecule has 28 heavy (non-hydrogen) atoms. The van der Waals surface area contributed by atoms with E-state index in [2.05, 4.69) is 30.7 Å². The first-order chi connectivity index (χ1) is 13.7. The molecule has 5 rings (SSSR count). The molecule has 0 unspecified atom stereocenters. The Bertz CT molecular complexity index is 1170. The maximum Gasteiger partial charge on any atom is 0.176 e. The van der Waals surface area contributed by atoms with Gasteiger partial charge in [0, 0.05) is 13.2 Å². The van der Waals surface area contributed by atoms with E-state index in [0.717, 1.165) is 52.9 Å². The van der Waals surface area contributed by atoms with Gasteiger partial charge in [-0.05, 0) is 42.1 Å². The Hall–Kier alpha value is -3.12. The Balaban J connectivity index is 1.82. The summed E-state index contributed by atoms with van der Waals surface area (Å²) in [6.45, 7) is 0. The van der Waals surface area contributed by atoms with Gasteiger partial charge in [0.25, 0.3) is 0 Å². The number of aromatic nitrogens is 7. The van der Waals surface area contributed by atoms with Gasteiger partial charge in [0.2, 0.25) is 0 Å². The first kappa shape index (κ1) is 17.0. The van der Waals surface area contributed by atoms with Crippen molar-refractivity contribution in [2.45, 2.75) is 37.5 Å². The minimum absolute atomic E-state index is 0.509. The van der Waals surface area contributed by atoms with Crippen LogP contribution in [0.4, 0.5) is 0 Å². The molecular weight excluding hydrogens is 372 g/mol. The first-order valence-corrected chi connectivity index (χ1v) is 10.1. The lowest BCUT2D eigenvalue weighted by molar-refractivity contribution is 0.368. The van der Waals surface area contributed by atoms with Crippen LogP contribution in [0.3, 0.4) is 0 Å². The van der Waals surface area contributed by atoms with E-state index in [1.807, 2.05) is 19.2 Å². The second-order valence-corrected chi connectivity index (χ2v) is 7.97. The second-order valence-electron chi connectivity index (χ2n) is 7.20. The van der Waals surface area contributed by atoms with Crippen molar-refractivity contribution in [2.75, 3.05) is 0 Å². The number of hydrogen-bond donors (Lipinski definition) is 1. The molecule has 0 aromatic carbocycles. The van der Waals surface area contributed by atoms with Gasteiger partial charge in [-0.1, -0.05) is 19.3 Å². The minimum Gasteiger partial charge on any atom is -0.276 e. The predicted octanol–water partition coefficient (Wildman–Crippen LogP) is 3.60. The minimum atomic E-state index is -0.509. The van der Waals surface area contributed by atoms with Crippen LogP contribution in [0.5, 0.6) is 0 Å². The van der Waals surface area contributed by atoms with Gasteiger partial charge < -0.3 is 0 Å². The van der Waals surface area contributed by atoms with Crippen LogP contribution >= 0.6 is 11.5 Å². The van der Waals surface area contributed by atoms with E-state index in [-0.39, 0.29) is 0 Å². The normalized spacial score (nSPS) is 16.3. The predicted molar refractivity (Wildman–Crippen MR) is 105 cm³/mol. The van der Waals surface area contributed by atoms with E-state index < -0.39 is 5.41 Å². The Labute approximate surface area is 165 Å². The highest BCUT2D eigenvalue weighted by molar-refractivity contribution is 7.13. The highest BCUT2D eigenvalue weighted by Gasteiger charge is 2.37. The topological polar surface area (TPSA) is 109 Å². The number of pyridine rings is 1. The highest BCUT2D eigenvalue weighted by atomic mass is 32.1.